The number of allylic oxidation sites excluding steroid dienone is 4. The van der Waals surface area contributed by atoms with Crippen LogP contribution in [0.3, 0.4) is 0 Å². The maximum atomic E-state index is 5.06. The van der Waals surface area contributed by atoms with Gasteiger partial charge in [0.2, 0.25) is 0 Å². The predicted octanol–water partition coefficient (Wildman–Crippen LogP) is 9.14. The molecule has 0 fully saturated rings. The van der Waals surface area contributed by atoms with E-state index in [1.165, 1.54) is 5.56 Å². The molecule has 0 aliphatic heterocycles. The molecule has 5 heterocycles. The second kappa shape index (κ2) is 10.5. The summed E-state index contributed by atoms with van der Waals surface area (Å²) >= 11 is 0. The second-order valence-corrected chi connectivity index (χ2v) is 11.5. The van der Waals surface area contributed by atoms with Gasteiger partial charge in [0.1, 0.15) is 5.82 Å². The summed E-state index contributed by atoms with van der Waals surface area (Å²) in [5.41, 5.74) is 9.18. The number of aromatic nitrogens is 5. The molecule has 0 bridgehead atoms. The van der Waals surface area contributed by atoms with Crippen LogP contribution >= 0.6 is 0 Å². The van der Waals surface area contributed by atoms with Crippen LogP contribution in [-0.2, 0) is 5.41 Å². The SMILES string of the molecule is CC1(c2ccc(-c3cc(-c4ccc(-n5c6ccccc6c6cnccc65)nc4)nc(-c4ccccn4)c3)cc2)C=CC=CC1. The minimum Gasteiger partial charge on any atom is -0.294 e. The fourth-order valence-corrected chi connectivity index (χ4v) is 6.21. The van der Waals surface area contributed by atoms with Crippen molar-refractivity contribution in [3.8, 4) is 39.6 Å². The molecular weight excluding hydrogens is 538 g/mol. The molecule has 1 aliphatic carbocycles. The molecule has 0 saturated carbocycles. The van der Waals surface area contributed by atoms with Gasteiger partial charge in [-0.05, 0) is 71.6 Å². The molecular formula is C39H29N5. The average Bonchev–Trinajstić information content (AvgIpc) is 3.43. The predicted molar refractivity (Wildman–Crippen MR) is 179 cm³/mol. The van der Waals surface area contributed by atoms with Gasteiger partial charge in [-0.3, -0.25) is 14.5 Å². The standard InChI is InChI=1S/C39H29N5/c1-39(19-6-2-7-20-39)30-15-12-27(13-16-30)29-23-34(43-35(24-29)33-10-5-8-21-41-33)28-14-17-38(42-25-28)44-36-11-4-3-9-31(36)32-26-40-22-18-37(32)44/h2-19,21-26H,20H2,1H3. The summed E-state index contributed by atoms with van der Waals surface area (Å²) in [4.78, 5) is 19.0. The van der Waals surface area contributed by atoms with Gasteiger partial charge in [0, 0.05) is 46.5 Å². The Balaban J connectivity index is 1.21. The van der Waals surface area contributed by atoms with E-state index in [1.54, 1.807) is 0 Å². The van der Waals surface area contributed by atoms with Crippen LogP contribution in [0.2, 0.25) is 0 Å². The van der Waals surface area contributed by atoms with Gasteiger partial charge < -0.3 is 0 Å². The molecule has 0 amide bonds. The minimum atomic E-state index is 0.0100. The normalized spacial score (nSPS) is 16.1. The molecule has 210 valence electrons. The highest BCUT2D eigenvalue weighted by atomic mass is 15.1. The first kappa shape index (κ1) is 26.0. The number of nitrogens with zero attached hydrogens (tertiary/aromatic N) is 5. The first-order valence-corrected chi connectivity index (χ1v) is 14.9. The molecule has 7 aromatic rings. The Morgan fingerprint density at radius 2 is 1.45 bits per heavy atom. The lowest BCUT2D eigenvalue weighted by atomic mass is 9.77. The Hall–Kier alpha value is -5.68. The van der Waals surface area contributed by atoms with Gasteiger partial charge in [-0.25, -0.2) is 9.97 Å². The van der Waals surface area contributed by atoms with Crippen LogP contribution in [0, 0.1) is 0 Å². The van der Waals surface area contributed by atoms with Crippen molar-refractivity contribution in [1.29, 1.82) is 0 Å². The lowest BCUT2D eigenvalue weighted by molar-refractivity contribution is 0.600. The van der Waals surface area contributed by atoms with Crippen LogP contribution in [0.15, 0.2) is 146 Å². The Morgan fingerprint density at radius 1 is 0.636 bits per heavy atom. The van der Waals surface area contributed by atoms with E-state index >= 15 is 0 Å². The van der Waals surface area contributed by atoms with E-state index in [9.17, 15) is 0 Å². The summed E-state index contributed by atoms with van der Waals surface area (Å²) in [7, 11) is 0. The Kier molecular flexibility index (Phi) is 6.23. The summed E-state index contributed by atoms with van der Waals surface area (Å²) in [6.07, 6.45) is 17.3. The van der Waals surface area contributed by atoms with Crippen molar-refractivity contribution in [1.82, 2.24) is 24.5 Å². The van der Waals surface area contributed by atoms with Crippen molar-refractivity contribution in [3.05, 3.63) is 152 Å². The largest absolute Gasteiger partial charge is 0.294 e. The van der Waals surface area contributed by atoms with Crippen molar-refractivity contribution in [3.63, 3.8) is 0 Å². The third kappa shape index (κ3) is 4.50. The molecule has 0 N–H and O–H groups in total. The lowest BCUT2D eigenvalue weighted by Crippen LogP contribution is -2.19. The van der Waals surface area contributed by atoms with Gasteiger partial charge in [-0.1, -0.05) is 79.8 Å². The van der Waals surface area contributed by atoms with Gasteiger partial charge >= 0.3 is 0 Å². The summed E-state index contributed by atoms with van der Waals surface area (Å²) in [6, 6.07) is 33.7. The van der Waals surface area contributed by atoms with Gasteiger partial charge in [-0.15, -0.1) is 0 Å². The topological polar surface area (TPSA) is 56.5 Å². The van der Waals surface area contributed by atoms with Crippen molar-refractivity contribution in [2.45, 2.75) is 18.8 Å². The molecule has 1 atom stereocenters. The molecule has 5 aromatic heterocycles. The smallest absolute Gasteiger partial charge is 0.137 e. The molecule has 0 saturated heterocycles. The van der Waals surface area contributed by atoms with Crippen LogP contribution in [0.5, 0.6) is 0 Å². The quantitative estimate of drug-likeness (QED) is 0.208. The number of hydrogen-bond acceptors (Lipinski definition) is 4. The van der Waals surface area contributed by atoms with Crippen molar-refractivity contribution < 1.29 is 0 Å². The Bertz CT molecular complexity index is 2140. The Morgan fingerprint density at radius 3 is 2.25 bits per heavy atom. The molecule has 1 unspecified atom stereocenters. The van der Waals surface area contributed by atoms with E-state index in [2.05, 4.69) is 119 Å². The second-order valence-electron chi connectivity index (χ2n) is 11.5. The number of rotatable bonds is 5. The van der Waals surface area contributed by atoms with E-state index < -0.39 is 0 Å². The van der Waals surface area contributed by atoms with Crippen LogP contribution in [0.25, 0.3) is 61.4 Å². The molecule has 2 aromatic carbocycles. The summed E-state index contributed by atoms with van der Waals surface area (Å²) < 4.78 is 2.19. The van der Waals surface area contributed by atoms with Gasteiger partial charge in [0.15, 0.2) is 0 Å². The van der Waals surface area contributed by atoms with Crippen LogP contribution in [0.1, 0.15) is 18.9 Å². The maximum absolute atomic E-state index is 5.06. The van der Waals surface area contributed by atoms with Crippen LogP contribution in [0.4, 0.5) is 0 Å². The van der Waals surface area contributed by atoms with E-state index in [-0.39, 0.29) is 5.41 Å². The van der Waals surface area contributed by atoms with E-state index in [1.807, 2.05) is 49.1 Å². The third-order valence-corrected chi connectivity index (χ3v) is 8.63. The molecule has 0 radical (unpaired) electrons. The van der Waals surface area contributed by atoms with E-state index in [0.29, 0.717) is 0 Å². The van der Waals surface area contributed by atoms with E-state index in [0.717, 1.165) is 67.8 Å². The fraction of sp³-hybridized carbons (Fsp3) is 0.0769. The lowest BCUT2D eigenvalue weighted by Gasteiger charge is -2.27. The van der Waals surface area contributed by atoms with Gasteiger partial charge in [0.25, 0.3) is 0 Å². The highest BCUT2D eigenvalue weighted by Crippen LogP contribution is 2.35. The van der Waals surface area contributed by atoms with Crippen molar-refractivity contribution in [2.24, 2.45) is 0 Å². The molecule has 5 heteroatoms. The van der Waals surface area contributed by atoms with Crippen LogP contribution < -0.4 is 0 Å². The number of para-hydroxylation sites is 1. The number of fused-ring (bicyclic) bond motifs is 3. The first-order chi connectivity index (χ1) is 21.7. The first-order valence-electron chi connectivity index (χ1n) is 14.9. The third-order valence-electron chi connectivity index (χ3n) is 8.63. The minimum absolute atomic E-state index is 0.0100. The van der Waals surface area contributed by atoms with Crippen molar-refractivity contribution >= 4 is 21.8 Å². The van der Waals surface area contributed by atoms with E-state index in [4.69, 9.17) is 9.97 Å². The monoisotopic (exact) mass is 567 g/mol. The molecule has 5 nitrogen and oxygen atoms in total. The molecule has 0 spiro atoms. The van der Waals surface area contributed by atoms with Gasteiger partial charge in [0.05, 0.1) is 28.1 Å². The summed E-state index contributed by atoms with van der Waals surface area (Å²) in [6.45, 7) is 2.29. The maximum Gasteiger partial charge on any atom is 0.137 e. The zero-order chi connectivity index (χ0) is 29.5. The molecule has 8 rings (SSSR count). The summed E-state index contributed by atoms with van der Waals surface area (Å²) in [5, 5.41) is 2.27. The Labute approximate surface area is 255 Å². The highest BCUT2D eigenvalue weighted by molar-refractivity contribution is 6.08. The zero-order valence-electron chi connectivity index (χ0n) is 24.3. The van der Waals surface area contributed by atoms with Crippen molar-refractivity contribution in [2.75, 3.05) is 0 Å². The number of benzene rings is 2. The summed E-state index contributed by atoms with van der Waals surface area (Å²) in [5.74, 6) is 0.850. The fourth-order valence-electron chi connectivity index (χ4n) is 6.21. The zero-order valence-corrected chi connectivity index (χ0v) is 24.3. The average molecular weight is 568 g/mol. The number of hydrogen-bond donors (Lipinski definition) is 0. The molecule has 44 heavy (non-hydrogen) atoms. The molecule has 1 aliphatic rings. The number of pyridine rings is 4. The van der Waals surface area contributed by atoms with Crippen LogP contribution in [-0.4, -0.2) is 24.5 Å². The highest BCUT2D eigenvalue weighted by Gasteiger charge is 2.23. The van der Waals surface area contributed by atoms with Gasteiger partial charge in [-0.2, -0.15) is 0 Å².